The molecule has 2 saturated carbocycles. The molecule has 2 aliphatic rings. The summed E-state index contributed by atoms with van der Waals surface area (Å²) >= 11 is -0.750. The Kier molecular flexibility index (Phi) is 12.4. The number of alkyl halides is 3. The fourth-order valence-corrected chi connectivity index (χ4v) is 6.01. The first-order chi connectivity index (χ1) is 20.0. The molecule has 2 heterocycles. The zero-order valence-corrected chi connectivity index (χ0v) is 25.6. The molecule has 0 aliphatic heterocycles. The molecule has 1 amide bonds. The molecule has 0 atom stereocenters. The summed E-state index contributed by atoms with van der Waals surface area (Å²) in [5.74, 6) is 1.32. The molecular weight excluding hydrogens is 571 g/mol. The number of aromatic nitrogens is 3. The van der Waals surface area contributed by atoms with Gasteiger partial charge in [-0.2, -0.15) is 26.7 Å². The van der Waals surface area contributed by atoms with Gasteiger partial charge in [-0.1, -0.05) is 19.8 Å². The van der Waals surface area contributed by atoms with E-state index in [9.17, 15) is 18.0 Å². The lowest BCUT2D eigenvalue weighted by Gasteiger charge is -2.30. The van der Waals surface area contributed by atoms with Gasteiger partial charge >= 0.3 is 17.7 Å². The van der Waals surface area contributed by atoms with Crippen molar-refractivity contribution < 1.29 is 31.1 Å². The van der Waals surface area contributed by atoms with Crippen LogP contribution in [-0.2, 0) is 18.1 Å². The van der Waals surface area contributed by atoms with E-state index in [0.717, 1.165) is 35.6 Å². The Morgan fingerprint density at radius 1 is 1.07 bits per heavy atom. The largest absolute Gasteiger partial charge is 0.496 e. The maximum atomic E-state index is 13.1. The third-order valence-electron chi connectivity index (χ3n) is 8.61. The predicted octanol–water partition coefficient (Wildman–Crippen LogP) is 5.95. The highest BCUT2D eigenvalue weighted by Gasteiger charge is 2.41. The Bertz CT molecular complexity index is 1220. The standard InChI is InChI=1S/C29H42F3N5O2.O2S/c1-5-37-27(19(3)26(36-37)28(38)35-16-20-8-6-18(2)7-9-20)23-17-34-25(14-24(23)39-4)33-15-21-10-12-22(13-11-21)29(30,31)32;1-3-2/h14,17-18,20-22H,5-13,15-16H2,1-4H3,(H,33,34)(H,35,38);. The van der Waals surface area contributed by atoms with E-state index in [1.54, 1.807) is 24.1 Å². The molecule has 2 aromatic rings. The van der Waals surface area contributed by atoms with Gasteiger partial charge in [0.25, 0.3) is 5.91 Å². The van der Waals surface area contributed by atoms with E-state index >= 15 is 0 Å². The molecule has 2 aromatic heterocycles. The number of pyridine rings is 1. The molecule has 4 rings (SSSR count). The third kappa shape index (κ3) is 8.78. The molecular formula is C29H42F3N5O4S. The van der Waals surface area contributed by atoms with Crippen molar-refractivity contribution in [2.45, 2.75) is 84.9 Å². The third-order valence-corrected chi connectivity index (χ3v) is 8.61. The van der Waals surface area contributed by atoms with Gasteiger partial charge in [0.05, 0.1) is 24.3 Å². The molecule has 0 saturated heterocycles. The van der Waals surface area contributed by atoms with Crippen LogP contribution in [0.15, 0.2) is 12.3 Å². The number of carbonyl (C=O) groups is 1. The van der Waals surface area contributed by atoms with Gasteiger partial charge in [-0.05, 0) is 70.1 Å². The summed E-state index contributed by atoms with van der Waals surface area (Å²) in [6.45, 7) is 7.97. The first-order valence-electron chi connectivity index (χ1n) is 14.6. The normalized spacial score (nSPS) is 22.5. The van der Waals surface area contributed by atoms with Crippen molar-refractivity contribution in [2.24, 2.45) is 23.7 Å². The van der Waals surface area contributed by atoms with Crippen LogP contribution in [0.3, 0.4) is 0 Å². The quantitative estimate of drug-likeness (QED) is 0.359. The monoisotopic (exact) mass is 613 g/mol. The Hall–Kier alpha value is -2.96. The molecule has 0 unspecified atom stereocenters. The minimum Gasteiger partial charge on any atom is -0.496 e. The van der Waals surface area contributed by atoms with Crippen LogP contribution in [-0.4, -0.2) is 55.5 Å². The van der Waals surface area contributed by atoms with E-state index in [2.05, 4.69) is 27.6 Å². The summed E-state index contributed by atoms with van der Waals surface area (Å²) in [4.78, 5) is 17.7. The van der Waals surface area contributed by atoms with E-state index in [0.29, 0.717) is 55.7 Å². The molecule has 42 heavy (non-hydrogen) atoms. The Balaban J connectivity index is 0.00000155. The van der Waals surface area contributed by atoms with Gasteiger partial charge in [-0.3, -0.25) is 9.48 Å². The lowest BCUT2D eigenvalue weighted by molar-refractivity contribution is -0.183. The second kappa shape index (κ2) is 15.5. The Morgan fingerprint density at radius 3 is 2.24 bits per heavy atom. The van der Waals surface area contributed by atoms with E-state index in [4.69, 9.17) is 13.2 Å². The van der Waals surface area contributed by atoms with Crippen LogP contribution in [0.2, 0.25) is 0 Å². The van der Waals surface area contributed by atoms with Gasteiger partial charge < -0.3 is 15.4 Å². The molecule has 9 nitrogen and oxygen atoms in total. The van der Waals surface area contributed by atoms with Crippen LogP contribution in [0.25, 0.3) is 11.3 Å². The van der Waals surface area contributed by atoms with Crippen molar-refractivity contribution in [1.82, 2.24) is 20.1 Å². The lowest BCUT2D eigenvalue weighted by Crippen LogP contribution is -2.31. The summed E-state index contributed by atoms with van der Waals surface area (Å²) < 4.78 is 63.0. The van der Waals surface area contributed by atoms with E-state index in [-0.39, 0.29) is 24.7 Å². The maximum absolute atomic E-state index is 13.1. The zero-order valence-electron chi connectivity index (χ0n) is 24.8. The summed E-state index contributed by atoms with van der Waals surface area (Å²) in [6.07, 6.45) is 3.79. The number of halogens is 3. The first-order valence-corrected chi connectivity index (χ1v) is 15.3. The van der Waals surface area contributed by atoms with Gasteiger partial charge in [0.2, 0.25) is 0 Å². The number of rotatable bonds is 9. The number of aryl methyl sites for hydroxylation is 1. The second-order valence-electron chi connectivity index (χ2n) is 11.5. The van der Waals surface area contributed by atoms with Crippen LogP contribution in [0, 0.1) is 30.6 Å². The Labute approximate surface area is 249 Å². The summed E-state index contributed by atoms with van der Waals surface area (Å²) in [6, 6.07) is 1.80. The van der Waals surface area contributed by atoms with E-state index in [1.807, 2.05) is 13.8 Å². The number of anilines is 1. The fraction of sp³-hybridized carbons (Fsp3) is 0.690. The Morgan fingerprint density at radius 2 is 1.67 bits per heavy atom. The molecule has 2 fully saturated rings. The van der Waals surface area contributed by atoms with Crippen LogP contribution < -0.4 is 15.4 Å². The van der Waals surface area contributed by atoms with Gasteiger partial charge in [0.15, 0.2) is 5.69 Å². The summed E-state index contributed by atoms with van der Waals surface area (Å²) in [5, 5.41) is 11.0. The van der Waals surface area contributed by atoms with Crippen molar-refractivity contribution >= 4 is 23.3 Å². The van der Waals surface area contributed by atoms with Crippen molar-refractivity contribution in [1.29, 1.82) is 0 Å². The number of nitrogens with zero attached hydrogens (tertiary/aromatic N) is 3. The van der Waals surface area contributed by atoms with Gasteiger partial charge in [0.1, 0.15) is 11.6 Å². The average Bonchev–Trinajstić information content (AvgIpc) is 3.31. The molecule has 0 aromatic carbocycles. The smallest absolute Gasteiger partial charge is 0.391 e. The number of hydrogen-bond donors (Lipinski definition) is 2. The fourth-order valence-electron chi connectivity index (χ4n) is 6.01. The van der Waals surface area contributed by atoms with E-state index in [1.165, 1.54) is 12.8 Å². The number of carbonyl (C=O) groups excluding carboxylic acids is 1. The van der Waals surface area contributed by atoms with Crippen LogP contribution >= 0.6 is 0 Å². The highest BCUT2D eigenvalue weighted by molar-refractivity contribution is 7.51. The van der Waals surface area contributed by atoms with Crippen molar-refractivity contribution in [2.75, 3.05) is 25.5 Å². The number of amides is 1. The lowest BCUT2D eigenvalue weighted by atomic mass is 9.81. The molecule has 0 bridgehead atoms. The molecule has 0 radical (unpaired) electrons. The highest BCUT2D eigenvalue weighted by Crippen LogP contribution is 2.40. The predicted molar refractivity (Wildman–Crippen MR) is 155 cm³/mol. The van der Waals surface area contributed by atoms with Crippen LogP contribution in [0.5, 0.6) is 5.75 Å². The zero-order chi connectivity index (χ0) is 30.9. The van der Waals surface area contributed by atoms with Gasteiger partial charge in [-0.15, -0.1) is 0 Å². The van der Waals surface area contributed by atoms with Gasteiger partial charge in [-0.25, -0.2) is 4.98 Å². The van der Waals surface area contributed by atoms with Crippen LogP contribution in [0.1, 0.15) is 81.3 Å². The van der Waals surface area contributed by atoms with Crippen molar-refractivity contribution in [3.63, 3.8) is 0 Å². The molecule has 13 heteroatoms. The number of nitrogens with one attached hydrogen (secondary N) is 2. The molecule has 2 aliphatic carbocycles. The number of hydrogen-bond acceptors (Lipinski definition) is 7. The van der Waals surface area contributed by atoms with Crippen LogP contribution in [0.4, 0.5) is 19.0 Å². The average molecular weight is 614 g/mol. The topological polar surface area (TPSA) is 115 Å². The molecule has 0 spiro atoms. The van der Waals surface area contributed by atoms with Crippen molar-refractivity contribution in [3.05, 3.63) is 23.5 Å². The van der Waals surface area contributed by atoms with E-state index < -0.39 is 23.7 Å². The summed E-state index contributed by atoms with van der Waals surface area (Å²) in [5.41, 5.74) is 2.71. The first kappa shape index (κ1) is 33.5. The number of ether oxygens (including phenoxy) is 1. The maximum Gasteiger partial charge on any atom is 0.391 e. The number of methoxy groups -OCH3 is 1. The minimum absolute atomic E-state index is 0.162. The highest BCUT2D eigenvalue weighted by atomic mass is 32.1. The second-order valence-corrected chi connectivity index (χ2v) is 11.6. The van der Waals surface area contributed by atoms with Gasteiger partial charge in [0, 0.05) is 37.5 Å². The molecule has 234 valence electrons. The summed E-state index contributed by atoms with van der Waals surface area (Å²) in [7, 11) is 1.58. The minimum atomic E-state index is -4.10. The van der Waals surface area contributed by atoms with Crippen molar-refractivity contribution in [3.8, 4) is 17.0 Å². The molecule has 2 N–H and O–H groups in total. The SMILES string of the molecule is CCn1nc(C(=O)NCC2CCC(C)CC2)c(C)c1-c1cnc(NCC2CCC(C(F)(F)F)CC2)cc1OC.O=S=O.